The predicted octanol–water partition coefficient (Wildman–Crippen LogP) is 4.86. The number of carboxylic acid groups (broad SMARTS) is 1. The first kappa shape index (κ1) is 17.3. The summed E-state index contributed by atoms with van der Waals surface area (Å²) in [7, 11) is 0. The van der Waals surface area contributed by atoms with Gasteiger partial charge in [-0.2, -0.15) is 0 Å². The molecule has 2 N–H and O–H groups in total. The van der Waals surface area contributed by atoms with Gasteiger partial charge in [-0.15, -0.1) is 0 Å². The summed E-state index contributed by atoms with van der Waals surface area (Å²) in [5, 5.41) is 12.8. The fraction of sp³-hybridized carbons (Fsp3) is 0.500. The van der Waals surface area contributed by atoms with Crippen LogP contribution in [0.1, 0.15) is 44.9 Å². The zero-order valence-corrected chi connectivity index (χ0v) is 14.5. The molecule has 4 nitrogen and oxygen atoms in total. The van der Waals surface area contributed by atoms with Gasteiger partial charge in [-0.3, -0.25) is 9.59 Å². The Morgan fingerprint density at radius 3 is 2.41 bits per heavy atom. The van der Waals surface area contributed by atoms with Crippen LogP contribution in [0.5, 0.6) is 0 Å². The van der Waals surface area contributed by atoms with E-state index >= 15 is 0 Å². The summed E-state index contributed by atoms with van der Waals surface area (Å²) in [5.74, 6) is -1.17. The number of benzene rings is 1. The molecule has 0 aromatic heterocycles. The van der Waals surface area contributed by atoms with Crippen LogP contribution in [0.2, 0.25) is 5.02 Å². The summed E-state index contributed by atoms with van der Waals surface area (Å²) in [4.78, 5) is 24.0. The number of halogens is 2. The van der Waals surface area contributed by atoms with E-state index in [0.29, 0.717) is 23.6 Å². The Labute approximate surface area is 143 Å². The third kappa shape index (κ3) is 4.23. The van der Waals surface area contributed by atoms with Crippen molar-refractivity contribution in [2.24, 2.45) is 5.41 Å². The molecule has 0 spiro atoms. The van der Waals surface area contributed by atoms with Crippen molar-refractivity contribution in [3.8, 4) is 0 Å². The van der Waals surface area contributed by atoms with Crippen LogP contribution in [0.25, 0.3) is 0 Å². The number of carbonyl (C=O) groups excluding carboxylic acids is 1. The Bertz CT molecular complexity index is 569. The van der Waals surface area contributed by atoms with E-state index in [0.717, 1.165) is 30.2 Å². The number of hydrogen-bond donors (Lipinski definition) is 2. The van der Waals surface area contributed by atoms with E-state index in [2.05, 4.69) is 21.2 Å². The number of rotatable bonds is 4. The molecule has 0 bridgehead atoms. The average Bonchev–Trinajstić information content (AvgIpc) is 2.68. The van der Waals surface area contributed by atoms with Gasteiger partial charge in [0.05, 0.1) is 16.1 Å². The van der Waals surface area contributed by atoms with Gasteiger partial charge in [0.1, 0.15) is 0 Å². The van der Waals surface area contributed by atoms with E-state index in [1.165, 1.54) is 0 Å². The van der Waals surface area contributed by atoms with E-state index in [1.807, 2.05) is 0 Å². The highest BCUT2D eigenvalue weighted by atomic mass is 79.9. The molecule has 1 aliphatic carbocycles. The van der Waals surface area contributed by atoms with Gasteiger partial charge in [-0.05, 0) is 31.0 Å². The molecule has 1 aromatic carbocycles. The summed E-state index contributed by atoms with van der Waals surface area (Å²) < 4.78 is 0.821. The Balaban J connectivity index is 2.09. The van der Waals surface area contributed by atoms with Crippen LogP contribution < -0.4 is 5.32 Å². The van der Waals surface area contributed by atoms with Crippen LogP contribution in [0.3, 0.4) is 0 Å². The van der Waals surface area contributed by atoms with E-state index in [4.69, 9.17) is 11.6 Å². The predicted molar refractivity (Wildman–Crippen MR) is 90.2 cm³/mol. The maximum atomic E-state index is 12.3. The lowest BCUT2D eigenvalue weighted by molar-refractivity contribution is -0.152. The van der Waals surface area contributed by atoms with Gasteiger partial charge in [-0.25, -0.2) is 0 Å². The number of carbonyl (C=O) groups is 2. The zero-order valence-electron chi connectivity index (χ0n) is 12.2. The third-order valence-electron chi connectivity index (χ3n) is 4.22. The minimum atomic E-state index is -0.942. The van der Waals surface area contributed by atoms with Crippen molar-refractivity contribution >= 4 is 45.1 Å². The number of amides is 1. The zero-order chi connectivity index (χ0) is 16.2. The number of aliphatic carboxylic acids is 1. The van der Waals surface area contributed by atoms with Crippen molar-refractivity contribution in [3.63, 3.8) is 0 Å². The third-order valence-corrected chi connectivity index (χ3v) is 5.02. The Morgan fingerprint density at radius 1 is 1.23 bits per heavy atom. The van der Waals surface area contributed by atoms with Gasteiger partial charge >= 0.3 is 5.97 Å². The maximum absolute atomic E-state index is 12.3. The molecule has 1 aliphatic rings. The molecule has 0 unspecified atom stereocenters. The lowest BCUT2D eigenvalue weighted by Gasteiger charge is -2.27. The largest absolute Gasteiger partial charge is 0.481 e. The minimum absolute atomic E-state index is 0.00523. The molecule has 0 heterocycles. The molecule has 1 saturated carbocycles. The van der Waals surface area contributed by atoms with E-state index < -0.39 is 11.4 Å². The van der Waals surface area contributed by atoms with Crippen molar-refractivity contribution in [1.82, 2.24) is 0 Å². The van der Waals surface area contributed by atoms with Crippen molar-refractivity contribution < 1.29 is 14.7 Å². The highest BCUT2D eigenvalue weighted by Gasteiger charge is 2.40. The van der Waals surface area contributed by atoms with Gasteiger partial charge < -0.3 is 10.4 Å². The highest BCUT2D eigenvalue weighted by molar-refractivity contribution is 9.10. The van der Waals surface area contributed by atoms with Crippen LogP contribution in [0.4, 0.5) is 5.69 Å². The summed E-state index contributed by atoms with van der Waals surface area (Å²) >= 11 is 9.38. The smallest absolute Gasteiger partial charge is 0.310 e. The van der Waals surface area contributed by atoms with Gasteiger partial charge in [0.15, 0.2) is 0 Å². The maximum Gasteiger partial charge on any atom is 0.310 e. The standard InChI is InChI=1S/C16H19BrClNO3/c17-11-5-6-13(12(18)9-11)19-14(20)10-16(15(21)22)7-3-1-2-4-8-16/h5-6,9H,1-4,7-8,10H2,(H,19,20)(H,21,22). The molecule has 0 radical (unpaired) electrons. The second-order valence-electron chi connectivity index (χ2n) is 5.85. The van der Waals surface area contributed by atoms with Crippen LogP contribution in [-0.2, 0) is 9.59 Å². The molecule has 0 atom stereocenters. The first-order valence-corrected chi connectivity index (χ1v) is 8.58. The SMILES string of the molecule is O=C(CC1(C(=O)O)CCCCCC1)Nc1ccc(Br)cc1Cl. The fourth-order valence-corrected chi connectivity index (χ4v) is 3.68. The molecule has 0 aliphatic heterocycles. The number of hydrogen-bond acceptors (Lipinski definition) is 2. The van der Waals surface area contributed by atoms with E-state index in [-0.39, 0.29) is 12.3 Å². The number of anilines is 1. The molecule has 1 fully saturated rings. The normalized spacial score (nSPS) is 17.5. The van der Waals surface area contributed by atoms with Gasteiger partial charge in [0.2, 0.25) is 5.91 Å². The number of carboxylic acids is 1. The average molecular weight is 389 g/mol. The molecule has 1 amide bonds. The van der Waals surface area contributed by atoms with Crippen LogP contribution in [-0.4, -0.2) is 17.0 Å². The van der Waals surface area contributed by atoms with Crippen molar-refractivity contribution in [3.05, 3.63) is 27.7 Å². The summed E-state index contributed by atoms with van der Waals surface area (Å²) in [6.07, 6.45) is 4.91. The first-order valence-electron chi connectivity index (χ1n) is 7.41. The van der Waals surface area contributed by atoms with Gasteiger partial charge in [-0.1, -0.05) is 53.2 Å². The van der Waals surface area contributed by atoms with Crippen molar-refractivity contribution in [2.45, 2.75) is 44.9 Å². The monoisotopic (exact) mass is 387 g/mol. The van der Waals surface area contributed by atoms with E-state index in [9.17, 15) is 14.7 Å². The van der Waals surface area contributed by atoms with Crippen LogP contribution in [0, 0.1) is 5.41 Å². The first-order chi connectivity index (χ1) is 10.4. The second-order valence-corrected chi connectivity index (χ2v) is 7.17. The molecule has 120 valence electrons. The van der Waals surface area contributed by atoms with Crippen molar-refractivity contribution in [1.29, 1.82) is 0 Å². The lowest BCUT2D eigenvalue weighted by Crippen LogP contribution is -2.35. The summed E-state index contributed by atoms with van der Waals surface area (Å²) in [6, 6.07) is 5.17. The summed E-state index contributed by atoms with van der Waals surface area (Å²) in [6.45, 7) is 0. The fourth-order valence-electron chi connectivity index (χ4n) is 2.96. The molecular weight excluding hydrogens is 370 g/mol. The van der Waals surface area contributed by atoms with Crippen LogP contribution >= 0.6 is 27.5 Å². The van der Waals surface area contributed by atoms with Gasteiger partial charge in [0.25, 0.3) is 0 Å². The Morgan fingerprint density at radius 2 is 1.86 bits per heavy atom. The van der Waals surface area contributed by atoms with Gasteiger partial charge in [0, 0.05) is 10.9 Å². The molecule has 1 aromatic rings. The van der Waals surface area contributed by atoms with E-state index in [1.54, 1.807) is 18.2 Å². The molecule has 22 heavy (non-hydrogen) atoms. The Kier molecular flexibility index (Phi) is 5.87. The molecule has 6 heteroatoms. The molecular formula is C16H19BrClNO3. The second kappa shape index (κ2) is 7.47. The molecule has 0 saturated heterocycles. The summed E-state index contributed by atoms with van der Waals surface area (Å²) in [5.41, 5.74) is -0.438. The van der Waals surface area contributed by atoms with Crippen LogP contribution in [0.15, 0.2) is 22.7 Å². The lowest BCUT2D eigenvalue weighted by atomic mass is 9.77. The van der Waals surface area contributed by atoms with Crippen molar-refractivity contribution in [2.75, 3.05) is 5.32 Å². The number of nitrogens with one attached hydrogen (secondary N) is 1. The Hall–Kier alpha value is -1.07. The topological polar surface area (TPSA) is 66.4 Å². The highest BCUT2D eigenvalue weighted by Crippen LogP contribution is 2.39. The quantitative estimate of drug-likeness (QED) is 0.724. The molecule has 2 rings (SSSR count). The minimum Gasteiger partial charge on any atom is -0.481 e.